The number of nitrogens with zero attached hydrogens (tertiary/aromatic N) is 1. The molecule has 1 amide bonds. The average molecular weight is 348 g/mol. The summed E-state index contributed by atoms with van der Waals surface area (Å²) >= 11 is 0. The molecule has 0 spiro atoms. The van der Waals surface area contributed by atoms with Crippen LogP contribution in [0.5, 0.6) is 5.75 Å². The molecular weight excluding hydrogens is 324 g/mol. The lowest BCUT2D eigenvalue weighted by Crippen LogP contribution is -2.46. The van der Waals surface area contributed by atoms with E-state index >= 15 is 0 Å². The number of ether oxygens (including phenoxy) is 1. The van der Waals surface area contributed by atoms with Crippen molar-refractivity contribution < 1.29 is 9.53 Å². The quantitative estimate of drug-likeness (QED) is 0.761. The summed E-state index contributed by atoms with van der Waals surface area (Å²) in [7, 11) is 1.66. The predicted molar refractivity (Wildman–Crippen MR) is 105 cm³/mol. The van der Waals surface area contributed by atoms with Gasteiger partial charge in [-0.05, 0) is 62.6 Å². The first-order valence-corrected chi connectivity index (χ1v) is 9.00. The fourth-order valence-electron chi connectivity index (χ4n) is 4.04. The molecule has 1 atom stereocenters. The molecule has 0 radical (unpaired) electrons. The summed E-state index contributed by atoms with van der Waals surface area (Å²) in [4.78, 5) is 18.9. The van der Waals surface area contributed by atoms with Gasteiger partial charge in [0.05, 0.1) is 12.5 Å². The van der Waals surface area contributed by atoms with E-state index in [0.29, 0.717) is 0 Å². The number of carbonyl (C=O) groups is 1. The Bertz CT molecular complexity index is 987. The highest BCUT2D eigenvalue weighted by Crippen LogP contribution is 2.39. The van der Waals surface area contributed by atoms with Gasteiger partial charge in [0.2, 0.25) is 5.91 Å². The van der Waals surface area contributed by atoms with Gasteiger partial charge in [-0.15, -0.1) is 0 Å². The highest BCUT2D eigenvalue weighted by molar-refractivity contribution is 6.05. The Labute approximate surface area is 153 Å². The maximum absolute atomic E-state index is 13.6. The van der Waals surface area contributed by atoms with Crippen molar-refractivity contribution in [3.63, 3.8) is 0 Å². The number of aromatic nitrogens is 1. The number of rotatable bonds is 3. The van der Waals surface area contributed by atoms with Crippen LogP contribution in [0.15, 0.2) is 48.7 Å². The monoisotopic (exact) mass is 348 g/mol. The lowest BCUT2D eigenvalue weighted by Gasteiger charge is -2.32. The molecule has 4 nitrogen and oxygen atoms in total. The van der Waals surface area contributed by atoms with Gasteiger partial charge >= 0.3 is 0 Å². The number of para-hydroxylation sites is 1. The minimum atomic E-state index is -0.656. The van der Waals surface area contributed by atoms with E-state index < -0.39 is 5.41 Å². The van der Waals surface area contributed by atoms with Crippen LogP contribution in [0.4, 0.5) is 5.69 Å². The maximum Gasteiger partial charge on any atom is 0.237 e. The number of anilines is 1. The third-order valence-corrected chi connectivity index (χ3v) is 5.52. The van der Waals surface area contributed by atoms with E-state index in [9.17, 15) is 4.79 Å². The molecule has 134 valence electrons. The zero-order valence-electron chi connectivity index (χ0n) is 15.7. The van der Waals surface area contributed by atoms with Gasteiger partial charge < -0.3 is 14.6 Å². The van der Waals surface area contributed by atoms with E-state index in [1.165, 1.54) is 5.56 Å². The maximum atomic E-state index is 13.6. The molecule has 2 heterocycles. The molecule has 0 saturated heterocycles. The molecule has 4 heteroatoms. The molecule has 1 aliphatic heterocycles. The van der Waals surface area contributed by atoms with Crippen LogP contribution in [0.2, 0.25) is 0 Å². The van der Waals surface area contributed by atoms with E-state index in [4.69, 9.17) is 4.74 Å². The van der Waals surface area contributed by atoms with E-state index in [0.717, 1.165) is 34.3 Å². The number of carbonyl (C=O) groups excluding carboxylic acids is 1. The molecule has 0 aliphatic carbocycles. The second-order valence-corrected chi connectivity index (χ2v) is 7.60. The first-order valence-electron chi connectivity index (χ1n) is 9.00. The molecule has 2 aromatic carbocycles. The molecular formula is C22H24N2O2. The molecule has 3 aromatic rings. The standard InChI is InChI=1S/C22H24N2O2/c1-14-11-15-7-5-6-8-20(15)24(14)21(25)22(2,3)18-13-23-19-10-9-16(26-4)12-17(18)19/h5-10,12-14,23H,11H2,1-4H3. The molecule has 1 aliphatic rings. The third-order valence-electron chi connectivity index (χ3n) is 5.52. The number of H-pyrrole nitrogens is 1. The largest absolute Gasteiger partial charge is 0.497 e. The predicted octanol–water partition coefficient (Wildman–Crippen LogP) is 4.43. The second-order valence-electron chi connectivity index (χ2n) is 7.60. The summed E-state index contributed by atoms with van der Waals surface area (Å²) in [6.07, 6.45) is 2.86. The highest BCUT2D eigenvalue weighted by Gasteiger charge is 2.41. The zero-order valence-corrected chi connectivity index (χ0v) is 15.7. The average Bonchev–Trinajstić information content (AvgIpc) is 3.20. The molecule has 0 fully saturated rings. The van der Waals surface area contributed by atoms with Crippen molar-refractivity contribution >= 4 is 22.5 Å². The number of benzene rings is 2. The van der Waals surface area contributed by atoms with Crippen LogP contribution in [-0.4, -0.2) is 24.0 Å². The molecule has 4 rings (SSSR count). The topological polar surface area (TPSA) is 45.3 Å². The lowest BCUT2D eigenvalue weighted by molar-refractivity contribution is -0.123. The summed E-state index contributed by atoms with van der Waals surface area (Å²) in [6, 6.07) is 14.3. The smallest absolute Gasteiger partial charge is 0.237 e. The van der Waals surface area contributed by atoms with E-state index in [1.54, 1.807) is 7.11 Å². The Morgan fingerprint density at radius 2 is 2.00 bits per heavy atom. The van der Waals surface area contributed by atoms with E-state index in [1.807, 2.05) is 61.3 Å². The number of fused-ring (bicyclic) bond motifs is 2. The fraction of sp³-hybridized carbons (Fsp3) is 0.318. The Morgan fingerprint density at radius 3 is 2.77 bits per heavy atom. The van der Waals surface area contributed by atoms with Crippen LogP contribution in [0.25, 0.3) is 10.9 Å². The molecule has 26 heavy (non-hydrogen) atoms. The summed E-state index contributed by atoms with van der Waals surface area (Å²) in [5.41, 5.74) is 3.63. The summed E-state index contributed by atoms with van der Waals surface area (Å²) in [5, 5.41) is 1.03. The van der Waals surface area contributed by atoms with Crippen molar-refractivity contribution in [2.24, 2.45) is 0 Å². The van der Waals surface area contributed by atoms with Gasteiger partial charge in [0.1, 0.15) is 5.75 Å². The van der Waals surface area contributed by atoms with Crippen LogP contribution >= 0.6 is 0 Å². The van der Waals surface area contributed by atoms with Crippen LogP contribution in [0.3, 0.4) is 0 Å². The molecule has 1 N–H and O–H groups in total. The van der Waals surface area contributed by atoms with Crippen LogP contribution < -0.4 is 9.64 Å². The van der Waals surface area contributed by atoms with Gasteiger partial charge in [-0.1, -0.05) is 18.2 Å². The second kappa shape index (κ2) is 5.90. The molecule has 0 bridgehead atoms. The summed E-state index contributed by atoms with van der Waals surface area (Å²) < 4.78 is 5.37. The Morgan fingerprint density at radius 1 is 1.23 bits per heavy atom. The minimum absolute atomic E-state index is 0.124. The van der Waals surface area contributed by atoms with Gasteiger partial charge in [0.25, 0.3) is 0 Å². The Hall–Kier alpha value is -2.75. The van der Waals surface area contributed by atoms with Crippen molar-refractivity contribution in [3.8, 4) is 5.75 Å². The first kappa shape index (κ1) is 16.7. The summed E-state index contributed by atoms with van der Waals surface area (Å²) in [5.74, 6) is 0.917. The first-order chi connectivity index (χ1) is 12.4. The number of hydrogen-bond acceptors (Lipinski definition) is 2. The van der Waals surface area contributed by atoms with Crippen molar-refractivity contribution in [3.05, 3.63) is 59.8 Å². The number of nitrogens with one attached hydrogen (secondary N) is 1. The molecule has 0 saturated carbocycles. The van der Waals surface area contributed by atoms with Crippen molar-refractivity contribution in [2.75, 3.05) is 12.0 Å². The highest BCUT2D eigenvalue weighted by atomic mass is 16.5. The van der Waals surface area contributed by atoms with Gasteiger partial charge in [0.15, 0.2) is 0 Å². The molecule has 1 unspecified atom stereocenters. The minimum Gasteiger partial charge on any atom is -0.497 e. The van der Waals surface area contributed by atoms with Crippen LogP contribution in [0, 0.1) is 0 Å². The number of aromatic amines is 1. The number of amides is 1. The number of methoxy groups -OCH3 is 1. The van der Waals surface area contributed by atoms with Crippen molar-refractivity contribution in [2.45, 2.75) is 38.6 Å². The van der Waals surface area contributed by atoms with Crippen LogP contribution in [-0.2, 0) is 16.6 Å². The van der Waals surface area contributed by atoms with Gasteiger partial charge in [-0.25, -0.2) is 0 Å². The SMILES string of the molecule is COc1ccc2[nH]cc(C(C)(C)C(=O)N3c4ccccc4CC3C)c2c1. The van der Waals surface area contributed by atoms with Gasteiger partial charge in [-0.3, -0.25) is 4.79 Å². The van der Waals surface area contributed by atoms with Gasteiger partial charge in [0, 0.05) is 28.8 Å². The summed E-state index contributed by atoms with van der Waals surface area (Å²) in [6.45, 7) is 6.13. The van der Waals surface area contributed by atoms with Crippen molar-refractivity contribution in [1.29, 1.82) is 0 Å². The lowest BCUT2D eigenvalue weighted by atomic mass is 9.82. The van der Waals surface area contributed by atoms with Gasteiger partial charge in [-0.2, -0.15) is 0 Å². The third kappa shape index (κ3) is 2.40. The zero-order chi connectivity index (χ0) is 18.5. The van der Waals surface area contributed by atoms with Crippen molar-refractivity contribution in [1.82, 2.24) is 4.98 Å². The Balaban J connectivity index is 1.78. The number of hydrogen-bond donors (Lipinski definition) is 1. The fourth-order valence-corrected chi connectivity index (χ4v) is 4.04. The normalized spacial score (nSPS) is 16.8. The van der Waals surface area contributed by atoms with Crippen LogP contribution in [0.1, 0.15) is 31.9 Å². The molecule has 1 aromatic heterocycles. The van der Waals surface area contributed by atoms with E-state index in [2.05, 4.69) is 18.0 Å². The Kier molecular flexibility index (Phi) is 3.79. The van der Waals surface area contributed by atoms with E-state index in [-0.39, 0.29) is 11.9 Å².